The highest BCUT2D eigenvalue weighted by molar-refractivity contribution is 5.76. The smallest absolute Gasteiger partial charge is 0.221 e. The Balaban J connectivity index is 1.82. The molecule has 0 aliphatic heterocycles. The zero-order chi connectivity index (χ0) is 10.2. The molecule has 2 N–H and O–H groups in total. The fourth-order valence-electron chi connectivity index (χ4n) is 1.17. The van der Waals surface area contributed by atoms with Gasteiger partial charge in [-0.1, -0.05) is 0 Å². The second-order valence-electron chi connectivity index (χ2n) is 3.53. The highest BCUT2D eigenvalue weighted by Crippen LogP contribution is 2.18. The summed E-state index contributed by atoms with van der Waals surface area (Å²) >= 11 is 0. The summed E-state index contributed by atoms with van der Waals surface area (Å²) in [5, 5.41) is 6.10. The van der Waals surface area contributed by atoms with Crippen LogP contribution in [0.1, 0.15) is 26.2 Å². The van der Waals surface area contributed by atoms with Crippen molar-refractivity contribution in [2.45, 2.75) is 32.2 Å². The Hall–Kier alpha value is -0.610. The molecule has 0 aromatic carbocycles. The molecule has 1 amide bonds. The second-order valence-corrected chi connectivity index (χ2v) is 3.53. The van der Waals surface area contributed by atoms with Crippen LogP contribution in [0.15, 0.2) is 0 Å². The average molecular weight is 200 g/mol. The van der Waals surface area contributed by atoms with Gasteiger partial charge in [0.25, 0.3) is 0 Å². The third-order valence-corrected chi connectivity index (χ3v) is 2.14. The number of amides is 1. The highest BCUT2D eigenvalue weighted by atomic mass is 16.5. The van der Waals surface area contributed by atoms with Crippen LogP contribution in [0.4, 0.5) is 0 Å². The van der Waals surface area contributed by atoms with Crippen molar-refractivity contribution in [2.24, 2.45) is 0 Å². The van der Waals surface area contributed by atoms with E-state index < -0.39 is 0 Å². The van der Waals surface area contributed by atoms with Gasteiger partial charge in [-0.05, 0) is 19.8 Å². The molecular formula is C10H20N2O2. The molecular weight excluding hydrogens is 180 g/mol. The predicted molar refractivity (Wildman–Crippen MR) is 55.1 cm³/mol. The van der Waals surface area contributed by atoms with Crippen LogP contribution in [0.3, 0.4) is 0 Å². The van der Waals surface area contributed by atoms with E-state index in [4.69, 9.17) is 4.74 Å². The summed E-state index contributed by atoms with van der Waals surface area (Å²) in [6.07, 6.45) is 3.11. The summed E-state index contributed by atoms with van der Waals surface area (Å²) in [5.41, 5.74) is 0. The maximum Gasteiger partial charge on any atom is 0.221 e. The normalized spacial score (nSPS) is 15.5. The number of carbonyl (C=O) groups is 1. The van der Waals surface area contributed by atoms with Gasteiger partial charge in [-0.15, -0.1) is 0 Å². The van der Waals surface area contributed by atoms with Crippen molar-refractivity contribution in [3.05, 3.63) is 0 Å². The van der Waals surface area contributed by atoms with Gasteiger partial charge >= 0.3 is 0 Å². The van der Waals surface area contributed by atoms with Gasteiger partial charge in [0.05, 0.1) is 6.61 Å². The fourth-order valence-corrected chi connectivity index (χ4v) is 1.17. The quantitative estimate of drug-likeness (QED) is 0.553. The van der Waals surface area contributed by atoms with Crippen LogP contribution in [0.2, 0.25) is 0 Å². The molecule has 4 heteroatoms. The van der Waals surface area contributed by atoms with Crippen LogP contribution >= 0.6 is 0 Å². The summed E-state index contributed by atoms with van der Waals surface area (Å²) in [5.74, 6) is 0.109. The number of hydrogen-bond donors (Lipinski definition) is 2. The second kappa shape index (κ2) is 6.79. The molecule has 0 aromatic rings. The van der Waals surface area contributed by atoms with Crippen molar-refractivity contribution in [1.29, 1.82) is 0 Å². The van der Waals surface area contributed by atoms with Crippen molar-refractivity contribution in [3.63, 3.8) is 0 Å². The Kier molecular flexibility index (Phi) is 5.56. The van der Waals surface area contributed by atoms with Crippen LogP contribution in [0.25, 0.3) is 0 Å². The molecule has 1 saturated carbocycles. The molecule has 1 aliphatic rings. The van der Waals surface area contributed by atoms with E-state index in [1.54, 1.807) is 0 Å². The molecule has 0 heterocycles. The Morgan fingerprint density at radius 3 is 2.86 bits per heavy atom. The van der Waals surface area contributed by atoms with E-state index in [1.165, 1.54) is 12.8 Å². The third kappa shape index (κ3) is 5.94. The van der Waals surface area contributed by atoms with Gasteiger partial charge in [0, 0.05) is 32.2 Å². The third-order valence-electron chi connectivity index (χ3n) is 2.14. The molecule has 1 fully saturated rings. The number of nitrogens with one attached hydrogen (secondary N) is 2. The van der Waals surface area contributed by atoms with E-state index in [1.807, 2.05) is 6.92 Å². The maximum atomic E-state index is 11.2. The molecule has 14 heavy (non-hydrogen) atoms. The Labute approximate surface area is 85.4 Å². The molecule has 4 nitrogen and oxygen atoms in total. The van der Waals surface area contributed by atoms with Crippen molar-refractivity contribution in [2.75, 3.05) is 26.3 Å². The van der Waals surface area contributed by atoms with Gasteiger partial charge in [0.2, 0.25) is 5.91 Å². The Morgan fingerprint density at radius 2 is 2.21 bits per heavy atom. The predicted octanol–water partition coefficient (Wildman–Crippen LogP) is 0.281. The summed E-state index contributed by atoms with van der Waals surface area (Å²) in [6.45, 7) is 4.68. The summed E-state index contributed by atoms with van der Waals surface area (Å²) in [4.78, 5) is 11.2. The molecule has 0 saturated heterocycles. The van der Waals surface area contributed by atoms with Gasteiger partial charge in [0.1, 0.15) is 0 Å². The Bertz CT molecular complexity index is 170. The van der Waals surface area contributed by atoms with Crippen molar-refractivity contribution < 1.29 is 9.53 Å². The van der Waals surface area contributed by atoms with Gasteiger partial charge in [-0.2, -0.15) is 0 Å². The van der Waals surface area contributed by atoms with E-state index in [-0.39, 0.29) is 5.91 Å². The molecule has 1 aliphatic carbocycles. The van der Waals surface area contributed by atoms with Crippen LogP contribution in [0, 0.1) is 0 Å². The molecule has 82 valence electrons. The zero-order valence-electron chi connectivity index (χ0n) is 8.84. The van der Waals surface area contributed by atoms with Crippen molar-refractivity contribution >= 4 is 5.91 Å². The summed E-state index contributed by atoms with van der Waals surface area (Å²) in [6, 6.07) is 0.686. The molecule has 0 radical (unpaired) electrons. The molecule has 1 rings (SSSR count). The molecule has 0 unspecified atom stereocenters. The molecule has 0 atom stereocenters. The van der Waals surface area contributed by atoms with E-state index >= 15 is 0 Å². The van der Waals surface area contributed by atoms with Crippen molar-refractivity contribution in [3.8, 4) is 0 Å². The number of hydrogen-bond acceptors (Lipinski definition) is 3. The van der Waals surface area contributed by atoms with Crippen LogP contribution in [-0.2, 0) is 9.53 Å². The lowest BCUT2D eigenvalue weighted by Crippen LogP contribution is -2.30. The first-order valence-electron chi connectivity index (χ1n) is 5.40. The SMILES string of the molecule is CCOCCNC(=O)CCNC1CC1. The van der Waals surface area contributed by atoms with Crippen LogP contribution in [0.5, 0.6) is 0 Å². The molecule has 0 bridgehead atoms. The summed E-state index contributed by atoms with van der Waals surface area (Å²) < 4.78 is 5.11. The molecule has 0 aromatic heterocycles. The van der Waals surface area contributed by atoms with E-state index in [2.05, 4.69) is 10.6 Å². The lowest BCUT2D eigenvalue weighted by Gasteiger charge is -2.05. The topological polar surface area (TPSA) is 50.4 Å². The van der Waals surface area contributed by atoms with E-state index in [9.17, 15) is 4.79 Å². The first-order valence-corrected chi connectivity index (χ1v) is 5.40. The Morgan fingerprint density at radius 1 is 1.43 bits per heavy atom. The fraction of sp³-hybridized carbons (Fsp3) is 0.900. The minimum absolute atomic E-state index is 0.109. The van der Waals surface area contributed by atoms with Crippen LogP contribution < -0.4 is 10.6 Å². The van der Waals surface area contributed by atoms with Gasteiger partial charge < -0.3 is 15.4 Å². The minimum Gasteiger partial charge on any atom is -0.380 e. The minimum atomic E-state index is 0.109. The standard InChI is InChI=1S/C10H20N2O2/c1-2-14-8-7-12-10(13)5-6-11-9-3-4-9/h9,11H,2-8H2,1H3,(H,12,13). The number of rotatable bonds is 8. The maximum absolute atomic E-state index is 11.2. The lowest BCUT2D eigenvalue weighted by molar-refractivity contribution is -0.121. The van der Waals surface area contributed by atoms with Crippen molar-refractivity contribution in [1.82, 2.24) is 10.6 Å². The monoisotopic (exact) mass is 200 g/mol. The number of carbonyl (C=O) groups excluding carboxylic acids is 1. The zero-order valence-corrected chi connectivity index (χ0v) is 8.84. The molecule has 0 spiro atoms. The van der Waals surface area contributed by atoms with E-state index in [0.29, 0.717) is 32.2 Å². The van der Waals surface area contributed by atoms with Crippen LogP contribution in [-0.4, -0.2) is 38.3 Å². The van der Waals surface area contributed by atoms with Gasteiger partial charge in [0.15, 0.2) is 0 Å². The lowest BCUT2D eigenvalue weighted by atomic mass is 10.4. The largest absolute Gasteiger partial charge is 0.380 e. The van der Waals surface area contributed by atoms with Gasteiger partial charge in [-0.25, -0.2) is 0 Å². The van der Waals surface area contributed by atoms with E-state index in [0.717, 1.165) is 6.54 Å². The van der Waals surface area contributed by atoms with Gasteiger partial charge in [-0.3, -0.25) is 4.79 Å². The number of ether oxygens (including phenoxy) is 1. The first-order chi connectivity index (χ1) is 6.83. The first kappa shape index (κ1) is 11.5. The summed E-state index contributed by atoms with van der Waals surface area (Å²) in [7, 11) is 0. The highest BCUT2D eigenvalue weighted by Gasteiger charge is 2.19. The average Bonchev–Trinajstić information content (AvgIpc) is 2.96.